The fraction of sp³-hybridized carbons (Fsp3) is 0.250. The topological polar surface area (TPSA) is 101 Å². The Balaban J connectivity index is 1.84. The van der Waals surface area contributed by atoms with Crippen LogP contribution in [-0.4, -0.2) is 61.1 Å². The molecule has 0 fully saturated rings. The predicted octanol–water partition coefficient (Wildman–Crippen LogP) is 5.41. The molecule has 0 spiro atoms. The van der Waals surface area contributed by atoms with Crippen LogP contribution in [-0.2, 0) is 14.3 Å². The van der Waals surface area contributed by atoms with Crippen molar-refractivity contribution in [3.05, 3.63) is 78.6 Å². The van der Waals surface area contributed by atoms with E-state index in [0.717, 1.165) is 27.6 Å². The zero-order valence-electron chi connectivity index (χ0n) is 24.1. The fourth-order valence-electron chi connectivity index (χ4n) is 4.51. The van der Waals surface area contributed by atoms with Gasteiger partial charge in [-0.05, 0) is 62.5 Å². The average Bonchev–Trinajstić information content (AvgIpc) is 3.35. The first-order chi connectivity index (χ1) is 19.6. The van der Waals surface area contributed by atoms with Crippen LogP contribution in [0.15, 0.2) is 73.1 Å². The quantitative estimate of drug-likeness (QED) is 0.202. The second-order valence-electron chi connectivity index (χ2n) is 9.93. The molecule has 2 aromatic carbocycles. The smallest absolute Gasteiger partial charge is 0.304 e. The summed E-state index contributed by atoms with van der Waals surface area (Å²) in [5.41, 5.74) is 5.11. The van der Waals surface area contributed by atoms with Gasteiger partial charge in [-0.3, -0.25) is 14.2 Å². The van der Waals surface area contributed by atoms with Crippen LogP contribution in [0.5, 0.6) is 5.75 Å². The first-order valence-corrected chi connectivity index (χ1v) is 13.1. The van der Waals surface area contributed by atoms with E-state index < -0.39 is 12.2 Å². The Morgan fingerprint density at radius 3 is 2.56 bits per heavy atom. The monoisotopic (exact) mass is 551 g/mol. The number of methoxy groups -OCH3 is 1. The molecule has 41 heavy (non-hydrogen) atoms. The van der Waals surface area contributed by atoms with Gasteiger partial charge in [-0.15, -0.1) is 0 Å². The van der Waals surface area contributed by atoms with Crippen molar-refractivity contribution in [1.29, 1.82) is 5.26 Å². The van der Waals surface area contributed by atoms with Crippen LogP contribution >= 0.6 is 0 Å². The highest BCUT2D eigenvalue weighted by Gasteiger charge is 2.19. The van der Waals surface area contributed by atoms with E-state index in [9.17, 15) is 14.9 Å². The second kappa shape index (κ2) is 12.5. The zero-order chi connectivity index (χ0) is 29.7. The summed E-state index contributed by atoms with van der Waals surface area (Å²) in [6.07, 6.45) is 6.41. The van der Waals surface area contributed by atoms with Crippen molar-refractivity contribution in [3.8, 4) is 34.1 Å². The number of rotatable bonds is 9. The predicted molar refractivity (Wildman–Crippen MR) is 159 cm³/mol. The molecule has 4 aromatic rings. The van der Waals surface area contributed by atoms with Gasteiger partial charge in [0.25, 0.3) is 0 Å². The van der Waals surface area contributed by atoms with E-state index in [1.807, 2.05) is 73.7 Å². The van der Waals surface area contributed by atoms with Gasteiger partial charge < -0.3 is 19.3 Å². The molecule has 0 aliphatic carbocycles. The summed E-state index contributed by atoms with van der Waals surface area (Å²) in [5, 5.41) is 10.3. The molecule has 0 aliphatic rings. The summed E-state index contributed by atoms with van der Waals surface area (Å²) in [6, 6.07) is 17.1. The first kappa shape index (κ1) is 29.1. The van der Waals surface area contributed by atoms with Crippen molar-refractivity contribution in [3.63, 3.8) is 0 Å². The summed E-state index contributed by atoms with van der Waals surface area (Å²) >= 11 is 0. The normalized spacial score (nSPS) is 12.0. The standard InChI is InChI=1S/C32H33N5O4/c1-21(41-22(2)38)37-20-30(24-10-7-9-23(13-24)18-33)29-16-26(19-34-32(29)37)25-14-27(17-28(15-25)40-6)36(5)31(39)11-8-12-35(3)4/h7-11,13-17,19-21H,12H2,1-6H3. The fourth-order valence-corrected chi connectivity index (χ4v) is 4.51. The van der Waals surface area contributed by atoms with Gasteiger partial charge in [-0.25, -0.2) is 4.98 Å². The van der Waals surface area contributed by atoms with Crippen LogP contribution in [0, 0.1) is 11.3 Å². The number of nitrogens with zero attached hydrogens (tertiary/aromatic N) is 5. The number of aromatic nitrogens is 2. The van der Waals surface area contributed by atoms with Gasteiger partial charge in [0, 0.05) is 67.3 Å². The average molecular weight is 552 g/mol. The third-order valence-corrected chi connectivity index (χ3v) is 6.61. The molecule has 0 radical (unpaired) electrons. The molecular formula is C32H33N5O4. The minimum Gasteiger partial charge on any atom is -0.497 e. The SMILES string of the molecule is COc1cc(-c2cnc3c(c2)c(-c2cccc(C#N)c2)cn3C(C)OC(C)=O)cc(N(C)C(=O)C=CCN(C)C)c1. The minimum atomic E-state index is -0.593. The number of fused-ring (bicyclic) bond motifs is 1. The van der Waals surface area contributed by atoms with E-state index in [0.29, 0.717) is 29.2 Å². The van der Waals surface area contributed by atoms with Gasteiger partial charge in [-0.2, -0.15) is 5.26 Å². The Morgan fingerprint density at radius 2 is 1.88 bits per heavy atom. The number of anilines is 1. The molecule has 0 aliphatic heterocycles. The lowest BCUT2D eigenvalue weighted by molar-refractivity contribution is -0.149. The molecule has 1 unspecified atom stereocenters. The number of likely N-dealkylation sites (N-methyl/N-ethyl adjacent to an activating group) is 2. The van der Waals surface area contributed by atoms with E-state index in [1.54, 1.807) is 48.9 Å². The van der Waals surface area contributed by atoms with E-state index in [2.05, 4.69) is 6.07 Å². The Morgan fingerprint density at radius 1 is 1.10 bits per heavy atom. The van der Waals surface area contributed by atoms with Gasteiger partial charge >= 0.3 is 5.97 Å². The molecule has 0 saturated carbocycles. The molecule has 4 rings (SSSR count). The third-order valence-electron chi connectivity index (χ3n) is 6.61. The van der Waals surface area contributed by atoms with E-state index in [-0.39, 0.29) is 5.91 Å². The molecule has 2 heterocycles. The lowest BCUT2D eigenvalue weighted by Gasteiger charge is -2.18. The number of hydrogen-bond acceptors (Lipinski definition) is 7. The number of amides is 1. The van der Waals surface area contributed by atoms with Crippen LogP contribution in [0.3, 0.4) is 0 Å². The summed E-state index contributed by atoms with van der Waals surface area (Å²) in [4.78, 5) is 32.9. The van der Waals surface area contributed by atoms with E-state index in [1.165, 1.54) is 6.92 Å². The van der Waals surface area contributed by atoms with Crippen molar-refractivity contribution in [2.75, 3.05) is 39.7 Å². The summed E-state index contributed by atoms with van der Waals surface area (Å²) in [7, 11) is 7.18. The molecule has 0 saturated heterocycles. The van der Waals surface area contributed by atoms with Crippen LogP contribution < -0.4 is 9.64 Å². The Labute approximate surface area is 239 Å². The lowest BCUT2D eigenvalue weighted by Crippen LogP contribution is -2.24. The maximum Gasteiger partial charge on any atom is 0.304 e. The van der Waals surface area contributed by atoms with Gasteiger partial charge in [0.1, 0.15) is 11.4 Å². The number of carbonyl (C=O) groups is 2. The molecule has 210 valence electrons. The van der Waals surface area contributed by atoms with Gasteiger partial charge in [0.2, 0.25) is 5.91 Å². The minimum absolute atomic E-state index is 0.157. The maximum absolute atomic E-state index is 12.8. The first-order valence-electron chi connectivity index (χ1n) is 13.1. The molecule has 9 heteroatoms. The summed E-state index contributed by atoms with van der Waals surface area (Å²) in [6.45, 7) is 3.80. The van der Waals surface area contributed by atoms with Crippen LogP contribution in [0.25, 0.3) is 33.3 Å². The number of ether oxygens (including phenoxy) is 2. The van der Waals surface area contributed by atoms with Crippen LogP contribution in [0.2, 0.25) is 0 Å². The molecule has 2 aromatic heterocycles. The van der Waals surface area contributed by atoms with Crippen molar-refractivity contribution >= 4 is 28.6 Å². The lowest BCUT2D eigenvalue weighted by atomic mass is 10.0. The van der Waals surface area contributed by atoms with Crippen molar-refractivity contribution in [2.45, 2.75) is 20.1 Å². The van der Waals surface area contributed by atoms with Crippen molar-refractivity contribution in [2.24, 2.45) is 0 Å². The molecule has 1 atom stereocenters. The van der Waals surface area contributed by atoms with Crippen molar-refractivity contribution < 1.29 is 19.1 Å². The van der Waals surface area contributed by atoms with Crippen LogP contribution in [0.1, 0.15) is 25.6 Å². The van der Waals surface area contributed by atoms with Gasteiger partial charge in [0.05, 0.1) is 18.7 Å². The van der Waals surface area contributed by atoms with Crippen LogP contribution in [0.4, 0.5) is 5.69 Å². The molecule has 0 bridgehead atoms. The van der Waals surface area contributed by atoms with Crippen molar-refractivity contribution in [1.82, 2.24) is 14.5 Å². The van der Waals surface area contributed by atoms with E-state index >= 15 is 0 Å². The number of pyridine rings is 1. The number of carbonyl (C=O) groups excluding carboxylic acids is 2. The maximum atomic E-state index is 12.8. The highest BCUT2D eigenvalue weighted by Crippen LogP contribution is 2.36. The summed E-state index contributed by atoms with van der Waals surface area (Å²) < 4.78 is 12.8. The molecule has 9 nitrogen and oxygen atoms in total. The second-order valence-corrected chi connectivity index (χ2v) is 9.93. The zero-order valence-corrected chi connectivity index (χ0v) is 24.1. The molecule has 0 N–H and O–H groups in total. The number of nitriles is 1. The van der Waals surface area contributed by atoms with E-state index in [4.69, 9.17) is 14.5 Å². The number of benzene rings is 2. The molecular weight excluding hydrogens is 518 g/mol. The van der Waals surface area contributed by atoms with Gasteiger partial charge in [0.15, 0.2) is 6.23 Å². The number of esters is 1. The summed E-state index contributed by atoms with van der Waals surface area (Å²) in [5.74, 6) is 0.0384. The highest BCUT2D eigenvalue weighted by atomic mass is 16.6. The molecule has 1 amide bonds. The number of hydrogen-bond donors (Lipinski definition) is 0. The highest BCUT2D eigenvalue weighted by molar-refractivity contribution is 6.02. The van der Waals surface area contributed by atoms with Gasteiger partial charge in [-0.1, -0.05) is 18.2 Å². The Hall–Kier alpha value is -4.94. The third kappa shape index (κ3) is 6.62. The Bertz CT molecular complexity index is 1660. The Kier molecular flexibility index (Phi) is 8.85. The largest absolute Gasteiger partial charge is 0.497 e.